The van der Waals surface area contributed by atoms with Gasteiger partial charge in [0, 0.05) is 29.1 Å². The van der Waals surface area contributed by atoms with Gasteiger partial charge in [-0.25, -0.2) is 4.90 Å². The van der Waals surface area contributed by atoms with E-state index in [1.54, 1.807) is 42.5 Å². The van der Waals surface area contributed by atoms with Gasteiger partial charge in [-0.05, 0) is 29.8 Å². The summed E-state index contributed by atoms with van der Waals surface area (Å²) in [6.45, 7) is 0. The number of amides is 2. The Kier molecular flexibility index (Phi) is 6.81. The number of carboxylic acids is 1. The topological polar surface area (TPSA) is 105 Å². The van der Waals surface area contributed by atoms with Crippen molar-refractivity contribution in [2.75, 3.05) is 19.1 Å². The van der Waals surface area contributed by atoms with Gasteiger partial charge in [0.05, 0.1) is 36.8 Å². The number of carbonyl (C=O) groups excluding carboxylic acids is 2. The molecule has 0 radical (unpaired) electrons. The average Bonchev–Trinajstić information content (AvgIpc) is 3.38. The molecule has 2 fully saturated rings. The van der Waals surface area contributed by atoms with Gasteiger partial charge in [0.25, 0.3) is 0 Å². The van der Waals surface area contributed by atoms with Crippen molar-refractivity contribution in [3.63, 3.8) is 0 Å². The van der Waals surface area contributed by atoms with Gasteiger partial charge in [-0.3, -0.25) is 19.7 Å². The molecule has 2 saturated heterocycles. The molecule has 8 nitrogen and oxygen atoms in total. The van der Waals surface area contributed by atoms with Crippen LogP contribution in [0.4, 0.5) is 5.69 Å². The van der Waals surface area contributed by atoms with Crippen LogP contribution < -0.4 is 19.7 Å². The normalized spacial score (nSPS) is 24.4. The van der Waals surface area contributed by atoms with Crippen LogP contribution in [-0.4, -0.2) is 42.6 Å². The first-order chi connectivity index (χ1) is 18.2. The molecule has 0 unspecified atom stereocenters. The molecule has 38 heavy (non-hydrogen) atoms. The number of rotatable bonds is 7. The van der Waals surface area contributed by atoms with Crippen LogP contribution in [0, 0.1) is 11.8 Å². The smallest absolute Gasteiger partial charge is 0.325 e. The van der Waals surface area contributed by atoms with Crippen molar-refractivity contribution < 1.29 is 29.0 Å². The van der Waals surface area contributed by atoms with E-state index in [0.717, 1.165) is 4.90 Å². The van der Waals surface area contributed by atoms with E-state index >= 15 is 0 Å². The summed E-state index contributed by atoms with van der Waals surface area (Å²) in [5.41, 5.74) is -0.404. The lowest BCUT2D eigenvalue weighted by Gasteiger charge is -2.31. The number of anilines is 1. The van der Waals surface area contributed by atoms with Crippen molar-refractivity contribution in [3.8, 4) is 11.5 Å². The van der Waals surface area contributed by atoms with Crippen LogP contribution in [0.2, 0.25) is 10.0 Å². The Hall–Kier alpha value is -3.59. The minimum absolute atomic E-state index is 0.0273. The van der Waals surface area contributed by atoms with Gasteiger partial charge < -0.3 is 14.6 Å². The Labute approximate surface area is 229 Å². The van der Waals surface area contributed by atoms with Crippen LogP contribution in [0.5, 0.6) is 11.5 Å². The number of ether oxygens (including phenoxy) is 2. The summed E-state index contributed by atoms with van der Waals surface area (Å²) in [6, 6.07) is 17.6. The lowest BCUT2D eigenvalue weighted by molar-refractivity contribution is -0.148. The maximum Gasteiger partial charge on any atom is 0.325 e. The Balaban J connectivity index is 1.69. The van der Waals surface area contributed by atoms with Crippen LogP contribution in [0.3, 0.4) is 0 Å². The fraction of sp³-hybridized carbons (Fsp3) is 0.250. The third kappa shape index (κ3) is 4.09. The van der Waals surface area contributed by atoms with E-state index in [1.165, 1.54) is 32.4 Å². The van der Waals surface area contributed by atoms with Crippen LogP contribution in [0.1, 0.15) is 17.2 Å². The highest BCUT2D eigenvalue weighted by Crippen LogP contribution is 2.53. The number of imide groups is 1. The lowest BCUT2D eigenvalue weighted by Crippen LogP contribution is -2.57. The number of nitrogens with one attached hydrogen (secondary N) is 1. The maximum absolute atomic E-state index is 14.0. The zero-order valence-electron chi connectivity index (χ0n) is 20.5. The fourth-order valence-corrected chi connectivity index (χ4v) is 6.09. The number of nitrogens with zero attached hydrogens (tertiary/aromatic N) is 1. The third-order valence-corrected chi connectivity index (χ3v) is 7.83. The molecule has 0 bridgehead atoms. The highest BCUT2D eigenvalue weighted by molar-refractivity contribution is 6.38. The number of carboxylic acid groups (broad SMARTS) is 1. The zero-order valence-corrected chi connectivity index (χ0v) is 22.0. The van der Waals surface area contributed by atoms with Gasteiger partial charge in [0.15, 0.2) is 0 Å². The number of methoxy groups -OCH3 is 2. The summed E-state index contributed by atoms with van der Waals surface area (Å²) in [5, 5.41) is 14.3. The largest absolute Gasteiger partial charge is 0.497 e. The van der Waals surface area contributed by atoms with Gasteiger partial charge >= 0.3 is 5.97 Å². The van der Waals surface area contributed by atoms with E-state index in [9.17, 15) is 19.5 Å². The number of halogens is 2. The van der Waals surface area contributed by atoms with Gasteiger partial charge in [0.2, 0.25) is 11.8 Å². The van der Waals surface area contributed by atoms with Crippen LogP contribution in [0.25, 0.3) is 0 Å². The van der Waals surface area contributed by atoms with Crippen molar-refractivity contribution >= 4 is 46.7 Å². The molecule has 5 rings (SSSR count). The summed E-state index contributed by atoms with van der Waals surface area (Å²) in [6.07, 6.45) is -0.0273. The van der Waals surface area contributed by atoms with Crippen molar-refractivity contribution in [2.45, 2.75) is 18.0 Å². The predicted molar refractivity (Wildman–Crippen MR) is 142 cm³/mol. The summed E-state index contributed by atoms with van der Waals surface area (Å²) >= 11 is 12.4. The summed E-state index contributed by atoms with van der Waals surface area (Å²) in [5.74, 6) is -3.80. The van der Waals surface area contributed by atoms with Crippen LogP contribution >= 0.6 is 23.2 Å². The van der Waals surface area contributed by atoms with Gasteiger partial charge in [-0.2, -0.15) is 0 Å². The third-order valence-electron chi connectivity index (χ3n) is 7.29. The molecule has 4 atom stereocenters. The first kappa shape index (κ1) is 26.0. The maximum atomic E-state index is 14.0. The molecule has 3 aromatic carbocycles. The van der Waals surface area contributed by atoms with Crippen molar-refractivity contribution in [3.05, 3.63) is 87.9 Å². The van der Waals surface area contributed by atoms with E-state index in [2.05, 4.69) is 5.32 Å². The number of aliphatic carboxylic acids is 1. The molecule has 196 valence electrons. The summed E-state index contributed by atoms with van der Waals surface area (Å²) in [7, 11) is 2.99. The molecule has 10 heteroatoms. The van der Waals surface area contributed by atoms with E-state index in [0.29, 0.717) is 27.6 Å². The number of carbonyl (C=O) groups is 3. The minimum Gasteiger partial charge on any atom is -0.497 e. The van der Waals surface area contributed by atoms with Crippen molar-refractivity contribution in [1.82, 2.24) is 5.32 Å². The van der Waals surface area contributed by atoms with E-state index in [1.807, 2.05) is 6.07 Å². The van der Waals surface area contributed by atoms with Crippen LogP contribution in [-0.2, 0) is 20.8 Å². The van der Waals surface area contributed by atoms with Gasteiger partial charge in [0.1, 0.15) is 17.0 Å². The molecule has 2 amide bonds. The second-order valence-corrected chi connectivity index (χ2v) is 10.1. The highest BCUT2D eigenvalue weighted by Gasteiger charge is 2.69. The second-order valence-electron chi connectivity index (χ2n) is 9.28. The molecule has 0 saturated carbocycles. The summed E-state index contributed by atoms with van der Waals surface area (Å²) in [4.78, 5) is 42.1. The predicted octanol–water partition coefficient (Wildman–Crippen LogP) is 4.53. The quantitative estimate of drug-likeness (QED) is 0.413. The van der Waals surface area contributed by atoms with E-state index in [4.69, 9.17) is 32.7 Å². The molecule has 3 aromatic rings. The number of hydrogen-bond acceptors (Lipinski definition) is 6. The number of fused-ring (bicyclic) bond motifs is 1. The highest BCUT2D eigenvalue weighted by atomic mass is 35.5. The molecule has 2 aliphatic rings. The monoisotopic (exact) mass is 554 g/mol. The molecule has 2 heterocycles. The van der Waals surface area contributed by atoms with Gasteiger partial charge in [-0.1, -0.05) is 59.6 Å². The van der Waals surface area contributed by atoms with Crippen LogP contribution in [0.15, 0.2) is 66.7 Å². The Morgan fingerprint density at radius 2 is 1.74 bits per heavy atom. The van der Waals surface area contributed by atoms with E-state index in [-0.39, 0.29) is 17.1 Å². The first-order valence-corrected chi connectivity index (χ1v) is 12.6. The SMILES string of the molecule is COc1ccc([C@@H]2N[C@](Cc3ccccc3)(C(=O)O)[C@@H]3C(=O)N(c4ccc(Cl)cc4Cl)C(=O)[C@@H]32)c(OC)c1. The zero-order chi connectivity index (χ0) is 27.2. The standard InChI is InChI=1S/C28H24Cl2N2O6/c1-37-17-9-10-18(21(13-17)38-2)24-22-23(28(31-24,27(35)36)14-15-6-4-3-5-7-15)26(34)32(25(22)33)20-11-8-16(29)12-19(20)30/h3-13,22-24,31H,14H2,1-2H3,(H,35,36)/t22-,23-,24-,28-/m0/s1. The summed E-state index contributed by atoms with van der Waals surface area (Å²) < 4.78 is 10.9. The first-order valence-electron chi connectivity index (χ1n) is 11.8. The Bertz CT molecular complexity index is 1430. The average molecular weight is 555 g/mol. The van der Waals surface area contributed by atoms with E-state index < -0.39 is 41.2 Å². The number of hydrogen-bond donors (Lipinski definition) is 2. The second kappa shape index (κ2) is 9.94. The molecule has 0 spiro atoms. The van der Waals surface area contributed by atoms with Gasteiger partial charge in [-0.15, -0.1) is 0 Å². The Morgan fingerprint density at radius 1 is 1.00 bits per heavy atom. The minimum atomic E-state index is -1.79. The van der Waals surface area contributed by atoms with Crippen molar-refractivity contribution in [2.24, 2.45) is 11.8 Å². The molecule has 2 N–H and O–H groups in total. The molecular weight excluding hydrogens is 531 g/mol. The number of benzene rings is 3. The van der Waals surface area contributed by atoms with Crippen molar-refractivity contribution in [1.29, 1.82) is 0 Å². The molecule has 0 aliphatic carbocycles. The Morgan fingerprint density at radius 3 is 2.37 bits per heavy atom. The molecule has 0 aromatic heterocycles. The lowest BCUT2D eigenvalue weighted by atomic mass is 9.76. The molecular formula is C28H24Cl2N2O6. The fourth-order valence-electron chi connectivity index (χ4n) is 5.60. The molecule has 2 aliphatic heterocycles.